The highest BCUT2D eigenvalue weighted by atomic mass is 16.5. The summed E-state index contributed by atoms with van der Waals surface area (Å²) in [5, 5.41) is 6.04. The van der Waals surface area contributed by atoms with Gasteiger partial charge in [-0.3, -0.25) is 4.79 Å². The highest BCUT2D eigenvalue weighted by molar-refractivity contribution is 5.91. The molecule has 0 aliphatic carbocycles. The Morgan fingerprint density at radius 2 is 1.53 bits per heavy atom. The Morgan fingerprint density at radius 1 is 0.861 bits per heavy atom. The maximum atomic E-state index is 13.3. The Labute approximate surface area is 212 Å². The fourth-order valence-corrected chi connectivity index (χ4v) is 4.74. The number of benzene rings is 3. The molecule has 1 aliphatic rings. The van der Waals surface area contributed by atoms with Crippen molar-refractivity contribution >= 4 is 17.6 Å². The van der Waals surface area contributed by atoms with E-state index in [2.05, 4.69) is 22.8 Å². The molecule has 1 saturated heterocycles. The number of piperidine rings is 1. The minimum atomic E-state index is -0.315. The molecule has 7 nitrogen and oxygen atoms in total. The Kier molecular flexibility index (Phi) is 8.44. The van der Waals surface area contributed by atoms with E-state index in [1.807, 2.05) is 54.6 Å². The molecule has 1 fully saturated rings. The maximum absolute atomic E-state index is 13.3. The predicted octanol–water partition coefficient (Wildman–Crippen LogP) is 4.70. The Bertz CT molecular complexity index is 1170. The zero-order valence-electron chi connectivity index (χ0n) is 20.8. The molecule has 0 aromatic heterocycles. The number of ether oxygens (including phenoxy) is 2. The van der Waals surface area contributed by atoms with Crippen LogP contribution in [0, 0.1) is 5.92 Å². The van der Waals surface area contributed by atoms with Gasteiger partial charge >= 0.3 is 6.03 Å². The lowest BCUT2D eigenvalue weighted by Crippen LogP contribution is -2.49. The standard InChI is InChI=1S/C29H33N3O4/c1-35-26-14-8-6-12-22(26)16-17-30-28(33)24-18-23(21-10-4-3-5-11-21)19-32(20-24)29(34)31-25-13-7-9-15-27(25)36-2/h3-15,23-24H,16-20H2,1-2H3,(H,30,33)(H,31,34). The van der Waals surface area contributed by atoms with Gasteiger partial charge in [0.15, 0.2) is 0 Å². The lowest BCUT2D eigenvalue weighted by atomic mass is 9.84. The minimum Gasteiger partial charge on any atom is -0.496 e. The topological polar surface area (TPSA) is 79.9 Å². The van der Waals surface area contributed by atoms with Crippen LogP contribution in [-0.4, -0.2) is 50.7 Å². The minimum absolute atomic E-state index is 0.0411. The number of likely N-dealkylation sites (tertiary alicyclic amines) is 1. The summed E-state index contributed by atoms with van der Waals surface area (Å²) < 4.78 is 10.8. The molecule has 0 spiro atoms. The van der Waals surface area contributed by atoms with Crippen LogP contribution >= 0.6 is 0 Å². The number of nitrogens with zero attached hydrogens (tertiary/aromatic N) is 1. The molecule has 2 unspecified atom stereocenters. The first-order valence-electron chi connectivity index (χ1n) is 12.2. The normalized spacial score (nSPS) is 17.2. The summed E-state index contributed by atoms with van der Waals surface area (Å²) in [7, 11) is 3.22. The molecule has 2 N–H and O–H groups in total. The number of para-hydroxylation sites is 3. The van der Waals surface area contributed by atoms with Crippen molar-refractivity contribution in [2.45, 2.75) is 18.8 Å². The van der Waals surface area contributed by atoms with Crippen LogP contribution in [0.15, 0.2) is 78.9 Å². The smallest absolute Gasteiger partial charge is 0.321 e. The lowest BCUT2D eigenvalue weighted by Gasteiger charge is -2.37. The zero-order chi connectivity index (χ0) is 25.3. The van der Waals surface area contributed by atoms with Gasteiger partial charge in [0.05, 0.1) is 25.8 Å². The number of amides is 3. The number of anilines is 1. The van der Waals surface area contributed by atoms with Crippen molar-refractivity contribution in [3.05, 3.63) is 90.0 Å². The number of nitrogens with one attached hydrogen (secondary N) is 2. The first kappa shape index (κ1) is 25.1. The molecule has 2 atom stereocenters. The van der Waals surface area contributed by atoms with Gasteiger partial charge in [-0.2, -0.15) is 0 Å². The fraction of sp³-hybridized carbons (Fsp3) is 0.310. The van der Waals surface area contributed by atoms with Gasteiger partial charge in [-0.05, 0) is 42.2 Å². The number of methoxy groups -OCH3 is 2. The molecule has 3 amide bonds. The Balaban J connectivity index is 1.45. The van der Waals surface area contributed by atoms with E-state index in [9.17, 15) is 9.59 Å². The van der Waals surface area contributed by atoms with Gasteiger partial charge in [0.2, 0.25) is 5.91 Å². The molecule has 188 valence electrons. The SMILES string of the molecule is COc1ccccc1CCNC(=O)C1CC(c2ccccc2)CN(C(=O)Nc2ccccc2OC)C1. The summed E-state index contributed by atoms with van der Waals surface area (Å²) in [5.74, 6) is 1.11. The van der Waals surface area contributed by atoms with E-state index in [0.29, 0.717) is 43.9 Å². The van der Waals surface area contributed by atoms with Crippen molar-refractivity contribution in [1.29, 1.82) is 0 Å². The number of carbonyl (C=O) groups excluding carboxylic acids is 2. The second-order valence-electron chi connectivity index (χ2n) is 8.93. The molecule has 36 heavy (non-hydrogen) atoms. The van der Waals surface area contributed by atoms with E-state index in [4.69, 9.17) is 9.47 Å². The van der Waals surface area contributed by atoms with Crippen LogP contribution in [0.4, 0.5) is 10.5 Å². The molecule has 0 saturated carbocycles. The van der Waals surface area contributed by atoms with E-state index in [0.717, 1.165) is 16.9 Å². The number of hydrogen-bond donors (Lipinski definition) is 2. The van der Waals surface area contributed by atoms with Crippen LogP contribution in [0.2, 0.25) is 0 Å². The third-order valence-corrected chi connectivity index (χ3v) is 6.61. The molecule has 0 bridgehead atoms. The number of urea groups is 1. The molecular weight excluding hydrogens is 454 g/mol. The Hall–Kier alpha value is -4.00. The summed E-state index contributed by atoms with van der Waals surface area (Å²) in [5.41, 5.74) is 2.77. The summed E-state index contributed by atoms with van der Waals surface area (Å²) in [6, 6.07) is 24.9. The van der Waals surface area contributed by atoms with Crippen LogP contribution in [0.5, 0.6) is 11.5 Å². The molecule has 1 aliphatic heterocycles. The summed E-state index contributed by atoms with van der Waals surface area (Å²) in [6.07, 6.45) is 1.35. The molecule has 0 radical (unpaired) electrons. The largest absolute Gasteiger partial charge is 0.496 e. The predicted molar refractivity (Wildman–Crippen MR) is 141 cm³/mol. The molecule has 3 aromatic rings. The van der Waals surface area contributed by atoms with E-state index in [1.54, 1.807) is 31.3 Å². The second kappa shape index (κ2) is 12.1. The zero-order valence-corrected chi connectivity index (χ0v) is 20.8. The average molecular weight is 488 g/mol. The van der Waals surface area contributed by atoms with Gasteiger partial charge in [0, 0.05) is 25.6 Å². The molecular formula is C29H33N3O4. The third kappa shape index (κ3) is 6.16. The monoisotopic (exact) mass is 487 g/mol. The second-order valence-corrected chi connectivity index (χ2v) is 8.93. The van der Waals surface area contributed by atoms with Gasteiger partial charge < -0.3 is 25.0 Å². The van der Waals surface area contributed by atoms with Crippen molar-refractivity contribution in [3.8, 4) is 11.5 Å². The Morgan fingerprint density at radius 3 is 2.28 bits per heavy atom. The summed E-state index contributed by atoms with van der Waals surface area (Å²) >= 11 is 0. The van der Waals surface area contributed by atoms with Gasteiger partial charge in [0.1, 0.15) is 11.5 Å². The van der Waals surface area contributed by atoms with Crippen LogP contribution < -0.4 is 20.1 Å². The third-order valence-electron chi connectivity index (χ3n) is 6.61. The maximum Gasteiger partial charge on any atom is 0.321 e. The highest BCUT2D eigenvalue weighted by Crippen LogP contribution is 2.31. The van der Waals surface area contributed by atoms with Crippen molar-refractivity contribution in [3.63, 3.8) is 0 Å². The fourth-order valence-electron chi connectivity index (χ4n) is 4.74. The number of carbonyl (C=O) groups is 2. The molecule has 1 heterocycles. The number of hydrogen-bond acceptors (Lipinski definition) is 4. The first-order chi connectivity index (χ1) is 17.6. The van der Waals surface area contributed by atoms with E-state index >= 15 is 0 Å². The van der Waals surface area contributed by atoms with Crippen molar-refractivity contribution in [2.75, 3.05) is 39.2 Å². The van der Waals surface area contributed by atoms with Gasteiger partial charge in [-0.1, -0.05) is 60.7 Å². The van der Waals surface area contributed by atoms with Crippen LogP contribution in [0.1, 0.15) is 23.5 Å². The molecule has 7 heteroatoms. The van der Waals surface area contributed by atoms with E-state index in [-0.39, 0.29) is 23.8 Å². The number of rotatable bonds is 8. The van der Waals surface area contributed by atoms with Crippen LogP contribution in [0.3, 0.4) is 0 Å². The van der Waals surface area contributed by atoms with E-state index < -0.39 is 0 Å². The van der Waals surface area contributed by atoms with Gasteiger partial charge in [0.25, 0.3) is 0 Å². The van der Waals surface area contributed by atoms with Crippen molar-refractivity contribution in [1.82, 2.24) is 10.2 Å². The average Bonchev–Trinajstić information content (AvgIpc) is 2.93. The van der Waals surface area contributed by atoms with Gasteiger partial charge in [-0.15, -0.1) is 0 Å². The first-order valence-corrected chi connectivity index (χ1v) is 12.2. The lowest BCUT2D eigenvalue weighted by molar-refractivity contribution is -0.126. The van der Waals surface area contributed by atoms with Crippen molar-refractivity contribution < 1.29 is 19.1 Å². The van der Waals surface area contributed by atoms with E-state index in [1.165, 1.54) is 0 Å². The molecule has 3 aromatic carbocycles. The summed E-state index contributed by atoms with van der Waals surface area (Å²) in [4.78, 5) is 28.2. The van der Waals surface area contributed by atoms with Crippen LogP contribution in [0.25, 0.3) is 0 Å². The molecule has 4 rings (SSSR count). The summed E-state index contributed by atoms with van der Waals surface area (Å²) in [6.45, 7) is 1.39. The van der Waals surface area contributed by atoms with Crippen LogP contribution in [-0.2, 0) is 11.2 Å². The van der Waals surface area contributed by atoms with Gasteiger partial charge in [-0.25, -0.2) is 4.79 Å². The quantitative estimate of drug-likeness (QED) is 0.483. The van der Waals surface area contributed by atoms with Crippen molar-refractivity contribution in [2.24, 2.45) is 5.92 Å². The highest BCUT2D eigenvalue weighted by Gasteiger charge is 2.34.